The summed E-state index contributed by atoms with van der Waals surface area (Å²) in [5.41, 5.74) is 1.10. The Kier molecular flexibility index (Phi) is 5.19. The molecule has 0 spiro atoms. The van der Waals surface area contributed by atoms with E-state index in [1.54, 1.807) is 30.5 Å². The number of hydrogen-bond acceptors (Lipinski definition) is 5. The summed E-state index contributed by atoms with van der Waals surface area (Å²) < 4.78 is 31.9. The Balaban J connectivity index is 1.56. The highest BCUT2D eigenvalue weighted by Gasteiger charge is 2.14. The maximum absolute atomic E-state index is 12.3. The van der Waals surface area contributed by atoms with E-state index in [9.17, 15) is 13.2 Å². The summed E-state index contributed by atoms with van der Waals surface area (Å²) in [6, 6.07) is 11.3. The molecule has 0 bridgehead atoms. The Morgan fingerprint density at radius 3 is 2.65 bits per heavy atom. The van der Waals surface area contributed by atoms with Gasteiger partial charge in [-0.05, 0) is 30.3 Å². The minimum Gasteiger partial charge on any atom is -0.497 e. The van der Waals surface area contributed by atoms with Crippen molar-refractivity contribution in [3.05, 3.63) is 54.2 Å². The lowest BCUT2D eigenvalue weighted by atomic mass is 10.1. The number of carbonyl (C=O) groups excluding carboxylic acids is 1. The first-order chi connectivity index (χ1) is 12.5. The fourth-order valence-corrected chi connectivity index (χ4v) is 3.48. The zero-order valence-corrected chi connectivity index (χ0v) is 14.8. The highest BCUT2D eigenvalue weighted by atomic mass is 32.2. The average Bonchev–Trinajstić information content (AvgIpc) is 3.14. The van der Waals surface area contributed by atoms with E-state index in [0.29, 0.717) is 16.8 Å². The molecule has 0 saturated carbocycles. The third-order valence-electron chi connectivity index (χ3n) is 3.79. The number of aromatic nitrogens is 2. The van der Waals surface area contributed by atoms with Gasteiger partial charge < -0.3 is 10.1 Å². The van der Waals surface area contributed by atoms with Crippen LogP contribution in [0.5, 0.6) is 5.75 Å². The number of benzene rings is 2. The van der Waals surface area contributed by atoms with Crippen LogP contribution in [0.3, 0.4) is 0 Å². The van der Waals surface area contributed by atoms with E-state index < -0.39 is 10.0 Å². The fourth-order valence-electron chi connectivity index (χ4n) is 2.45. The Labute approximate surface area is 150 Å². The number of sulfonamides is 1. The molecule has 0 unspecified atom stereocenters. The molecular weight excluding hydrogens is 356 g/mol. The zero-order valence-electron chi connectivity index (χ0n) is 14.0. The van der Waals surface area contributed by atoms with Crippen LogP contribution in [-0.2, 0) is 10.0 Å². The number of nitrogens with one attached hydrogen (secondary N) is 3. The van der Waals surface area contributed by atoms with Crippen molar-refractivity contribution in [3.8, 4) is 5.75 Å². The molecule has 0 aliphatic heterocycles. The molecular formula is C17H18N4O4S. The molecule has 3 rings (SSSR count). The first kappa shape index (κ1) is 17.9. The Hall–Kier alpha value is -2.91. The Morgan fingerprint density at radius 2 is 1.92 bits per heavy atom. The summed E-state index contributed by atoms with van der Waals surface area (Å²) in [6.45, 7) is 0.220. The maximum atomic E-state index is 12.3. The molecule has 0 atom stereocenters. The van der Waals surface area contributed by atoms with E-state index in [2.05, 4.69) is 20.2 Å². The van der Waals surface area contributed by atoms with Crippen molar-refractivity contribution in [1.82, 2.24) is 20.2 Å². The van der Waals surface area contributed by atoms with Crippen LogP contribution in [0.1, 0.15) is 10.4 Å². The number of aromatic amines is 1. The number of carbonyl (C=O) groups is 1. The van der Waals surface area contributed by atoms with Gasteiger partial charge >= 0.3 is 0 Å². The standard InChI is InChI=1S/C17H18N4O4S/c1-25-13-5-7-14(8-6-13)26(23,24)20-10-9-18-17(22)15-4-2-3-12-11-19-21-16(12)15/h2-8,11,20H,9-10H2,1H3,(H,18,22)(H,19,21). The van der Waals surface area contributed by atoms with Gasteiger partial charge in [0.2, 0.25) is 10.0 Å². The smallest absolute Gasteiger partial charge is 0.253 e. The Morgan fingerprint density at radius 1 is 1.15 bits per heavy atom. The number of nitrogens with zero attached hydrogens (tertiary/aromatic N) is 1. The summed E-state index contributed by atoms with van der Waals surface area (Å²) in [5.74, 6) is 0.271. The van der Waals surface area contributed by atoms with Crippen LogP contribution in [-0.4, -0.2) is 44.7 Å². The minimum atomic E-state index is -3.65. The van der Waals surface area contributed by atoms with E-state index in [-0.39, 0.29) is 23.9 Å². The van der Waals surface area contributed by atoms with Crippen molar-refractivity contribution in [2.24, 2.45) is 0 Å². The van der Waals surface area contributed by atoms with Crippen LogP contribution in [0.4, 0.5) is 0 Å². The SMILES string of the molecule is COc1ccc(S(=O)(=O)NCCNC(=O)c2cccc3cn[nH]c23)cc1. The van der Waals surface area contributed by atoms with Crippen LogP contribution in [0, 0.1) is 0 Å². The van der Waals surface area contributed by atoms with E-state index in [4.69, 9.17) is 4.74 Å². The second-order valence-electron chi connectivity index (χ2n) is 5.47. The van der Waals surface area contributed by atoms with Gasteiger partial charge in [0, 0.05) is 18.5 Å². The van der Waals surface area contributed by atoms with Crippen LogP contribution in [0.15, 0.2) is 53.6 Å². The monoisotopic (exact) mass is 374 g/mol. The molecule has 0 aliphatic carbocycles. The summed E-state index contributed by atoms with van der Waals surface area (Å²) in [5, 5.41) is 10.2. The van der Waals surface area contributed by atoms with Gasteiger partial charge in [-0.2, -0.15) is 5.10 Å². The molecule has 9 heteroatoms. The van der Waals surface area contributed by atoms with Crippen molar-refractivity contribution in [2.45, 2.75) is 4.90 Å². The van der Waals surface area contributed by atoms with Gasteiger partial charge in [-0.25, -0.2) is 13.1 Å². The second-order valence-corrected chi connectivity index (χ2v) is 7.24. The summed E-state index contributed by atoms with van der Waals surface area (Å²) >= 11 is 0. The van der Waals surface area contributed by atoms with Gasteiger partial charge in [0.25, 0.3) is 5.91 Å². The molecule has 136 valence electrons. The van der Waals surface area contributed by atoms with Crippen molar-refractivity contribution in [3.63, 3.8) is 0 Å². The number of fused-ring (bicyclic) bond motifs is 1. The molecule has 26 heavy (non-hydrogen) atoms. The molecule has 0 fully saturated rings. The zero-order chi connectivity index (χ0) is 18.6. The summed E-state index contributed by atoms with van der Waals surface area (Å²) in [4.78, 5) is 12.4. The third-order valence-corrected chi connectivity index (χ3v) is 5.27. The van der Waals surface area contributed by atoms with Crippen molar-refractivity contribution in [2.75, 3.05) is 20.2 Å². The molecule has 3 N–H and O–H groups in total. The number of ether oxygens (including phenoxy) is 1. The van der Waals surface area contributed by atoms with E-state index >= 15 is 0 Å². The number of methoxy groups -OCH3 is 1. The lowest BCUT2D eigenvalue weighted by Gasteiger charge is -2.09. The Bertz CT molecular complexity index is 1010. The number of hydrogen-bond donors (Lipinski definition) is 3. The maximum Gasteiger partial charge on any atom is 0.253 e. The molecule has 8 nitrogen and oxygen atoms in total. The first-order valence-corrected chi connectivity index (χ1v) is 9.33. The molecule has 3 aromatic rings. The lowest BCUT2D eigenvalue weighted by molar-refractivity contribution is 0.0956. The van der Waals surface area contributed by atoms with Crippen molar-refractivity contribution in [1.29, 1.82) is 0 Å². The highest BCUT2D eigenvalue weighted by Crippen LogP contribution is 2.16. The first-order valence-electron chi connectivity index (χ1n) is 7.85. The summed E-state index contributed by atoms with van der Waals surface area (Å²) in [6.07, 6.45) is 1.63. The van der Waals surface area contributed by atoms with Crippen LogP contribution < -0.4 is 14.8 Å². The highest BCUT2D eigenvalue weighted by molar-refractivity contribution is 7.89. The number of para-hydroxylation sites is 1. The molecule has 0 aliphatic rings. The van der Waals surface area contributed by atoms with Crippen LogP contribution >= 0.6 is 0 Å². The van der Waals surface area contributed by atoms with Crippen LogP contribution in [0.25, 0.3) is 10.9 Å². The largest absolute Gasteiger partial charge is 0.497 e. The molecule has 1 heterocycles. The average molecular weight is 374 g/mol. The van der Waals surface area contributed by atoms with E-state index in [1.807, 2.05) is 6.07 Å². The second kappa shape index (κ2) is 7.54. The normalized spacial score (nSPS) is 11.4. The predicted octanol–water partition coefficient (Wildman–Crippen LogP) is 1.28. The third kappa shape index (κ3) is 3.84. The molecule has 0 saturated heterocycles. The lowest BCUT2D eigenvalue weighted by Crippen LogP contribution is -2.34. The van der Waals surface area contributed by atoms with Crippen molar-refractivity contribution >= 4 is 26.8 Å². The molecule has 1 aromatic heterocycles. The van der Waals surface area contributed by atoms with Gasteiger partial charge in [-0.1, -0.05) is 12.1 Å². The van der Waals surface area contributed by atoms with Gasteiger partial charge in [0.15, 0.2) is 0 Å². The molecule has 2 aromatic carbocycles. The van der Waals surface area contributed by atoms with Gasteiger partial charge in [-0.15, -0.1) is 0 Å². The van der Waals surface area contributed by atoms with Gasteiger partial charge in [0.1, 0.15) is 5.75 Å². The molecule has 0 radical (unpaired) electrons. The van der Waals surface area contributed by atoms with Gasteiger partial charge in [0.05, 0.1) is 29.3 Å². The predicted molar refractivity (Wildman–Crippen MR) is 96.6 cm³/mol. The molecule has 1 amide bonds. The topological polar surface area (TPSA) is 113 Å². The van der Waals surface area contributed by atoms with Crippen molar-refractivity contribution < 1.29 is 17.9 Å². The number of amides is 1. The summed E-state index contributed by atoms with van der Waals surface area (Å²) in [7, 11) is -2.14. The van der Waals surface area contributed by atoms with E-state index in [0.717, 1.165) is 5.39 Å². The van der Waals surface area contributed by atoms with E-state index in [1.165, 1.54) is 19.2 Å². The van der Waals surface area contributed by atoms with Gasteiger partial charge in [-0.3, -0.25) is 9.89 Å². The number of rotatable bonds is 7. The quantitative estimate of drug-likeness (QED) is 0.539. The fraction of sp³-hybridized carbons (Fsp3) is 0.176. The van der Waals surface area contributed by atoms with Crippen LogP contribution in [0.2, 0.25) is 0 Å². The minimum absolute atomic E-state index is 0.0685. The number of H-pyrrole nitrogens is 1.